The Morgan fingerprint density at radius 1 is 1.57 bits per heavy atom. The first-order valence-corrected chi connectivity index (χ1v) is 7.15. The number of aromatic nitrogens is 2. The number of aliphatic hydroxyl groups is 1. The standard InChI is InChI=1S/C14H19FN2O6/c1-7(2)11(20)22-6-8-10(19)14(3,15)12(23-8)17-5-4-9(18)16-13(17)21/h4-5,7-8,10,12,19H,6H2,1-3H3,(H,16,18,21)/t8-,10-,12-,14-/m1/s1. The number of alkyl halides is 1. The Balaban J connectivity index is 2.21. The Labute approximate surface area is 130 Å². The molecule has 9 heteroatoms. The molecule has 8 nitrogen and oxygen atoms in total. The molecule has 0 spiro atoms. The number of rotatable bonds is 4. The highest BCUT2D eigenvalue weighted by Crippen LogP contribution is 2.40. The minimum absolute atomic E-state index is 0.341. The summed E-state index contributed by atoms with van der Waals surface area (Å²) in [5, 5.41) is 10.1. The normalized spacial score (nSPS) is 30.6. The smallest absolute Gasteiger partial charge is 0.330 e. The average Bonchev–Trinajstić information content (AvgIpc) is 2.68. The van der Waals surface area contributed by atoms with Gasteiger partial charge in [0.2, 0.25) is 0 Å². The van der Waals surface area contributed by atoms with Gasteiger partial charge >= 0.3 is 11.7 Å². The second-order valence-corrected chi connectivity index (χ2v) is 5.93. The first-order valence-electron chi connectivity index (χ1n) is 7.15. The van der Waals surface area contributed by atoms with Crippen LogP contribution in [0.3, 0.4) is 0 Å². The van der Waals surface area contributed by atoms with Crippen LogP contribution in [0.5, 0.6) is 0 Å². The number of esters is 1. The number of H-pyrrole nitrogens is 1. The molecule has 0 saturated carbocycles. The van der Waals surface area contributed by atoms with Crippen LogP contribution < -0.4 is 11.2 Å². The van der Waals surface area contributed by atoms with Gasteiger partial charge in [0.05, 0.1) is 5.92 Å². The Kier molecular flexibility index (Phi) is 4.71. The van der Waals surface area contributed by atoms with E-state index in [0.717, 1.165) is 23.8 Å². The molecule has 0 aliphatic carbocycles. The molecule has 2 N–H and O–H groups in total. The van der Waals surface area contributed by atoms with E-state index < -0.39 is 41.3 Å². The highest BCUT2D eigenvalue weighted by Gasteiger charge is 2.55. The lowest BCUT2D eigenvalue weighted by Crippen LogP contribution is -2.43. The molecule has 2 rings (SSSR count). The maximum Gasteiger partial charge on any atom is 0.330 e. The Hall–Kier alpha value is -2.00. The van der Waals surface area contributed by atoms with Gasteiger partial charge in [0.1, 0.15) is 18.8 Å². The molecular formula is C14H19FN2O6. The molecule has 23 heavy (non-hydrogen) atoms. The van der Waals surface area contributed by atoms with Crippen LogP contribution in [0.15, 0.2) is 21.9 Å². The zero-order chi connectivity index (χ0) is 17.4. The van der Waals surface area contributed by atoms with E-state index in [1.807, 2.05) is 4.98 Å². The third-order valence-electron chi connectivity index (χ3n) is 3.68. The summed E-state index contributed by atoms with van der Waals surface area (Å²) in [7, 11) is 0. The summed E-state index contributed by atoms with van der Waals surface area (Å²) in [6.45, 7) is 4.00. The molecule has 0 bridgehead atoms. The average molecular weight is 330 g/mol. The first kappa shape index (κ1) is 17.4. The van der Waals surface area contributed by atoms with Crippen LogP contribution >= 0.6 is 0 Å². The maximum atomic E-state index is 14.8. The number of aliphatic hydroxyl groups excluding tert-OH is 1. The van der Waals surface area contributed by atoms with E-state index in [4.69, 9.17) is 9.47 Å². The third-order valence-corrected chi connectivity index (χ3v) is 3.68. The number of hydrogen-bond acceptors (Lipinski definition) is 6. The van der Waals surface area contributed by atoms with Crippen LogP contribution in [0.4, 0.5) is 4.39 Å². The molecule has 1 aliphatic heterocycles. The van der Waals surface area contributed by atoms with E-state index in [1.165, 1.54) is 0 Å². The number of halogens is 1. The van der Waals surface area contributed by atoms with Crippen molar-refractivity contribution >= 4 is 5.97 Å². The predicted molar refractivity (Wildman–Crippen MR) is 76.5 cm³/mol. The molecule has 1 saturated heterocycles. The lowest BCUT2D eigenvalue weighted by Gasteiger charge is -2.24. The predicted octanol–water partition coefficient (Wildman–Crippen LogP) is -0.278. The quantitative estimate of drug-likeness (QED) is 0.735. The molecule has 128 valence electrons. The summed E-state index contributed by atoms with van der Waals surface area (Å²) < 4.78 is 26.0. The van der Waals surface area contributed by atoms with E-state index in [1.54, 1.807) is 13.8 Å². The van der Waals surface area contributed by atoms with Crippen molar-refractivity contribution in [3.05, 3.63) is 33.1 Å². The number of aromatic amines is 1. The van der Waals surface area contributed by atoms with E-state index in [9.17, 15) is 23.9 Å². The fraction of sp³-hybridized carbons (Fsp3) is 0.643. The molecule has 2 heterocycles. The first-order chi connectivity index (χ1) is 10.6. The number of carbonyl (C=O) groups is 1. The van der Waals surface area contributed by atoms with E-state index >= 15 is 0 Å². The number of ether oxygens (including phenoxy) is 2. The van der Waals surface area contributed by atoms with Gasteiger partial charge in [0.15, 0.2) is 11.9 Å². The van der Waals surface area contributed by atoms with Gasteiger partial charge in [-0.15, -0.1) is 0 Å². The fourth-order valence-electron chi connectivity index (χ4n) is 2.29. The fourth-order valence-corrected chi connectivity index (χ4v) is 2.29. The van der Waals surface area contributed by atoms with Gasteiger partial charge < -0.3 is 14.6 Å². The monoisotopic (exact) mass is 330 g/mol. The summed E-state index contributed by atoms with van der Waals surface area (Å²) in [6.07, 6.45) is -3.11. The number of hydrogen-bond donors (Lipinski definition) is 2. The van der Waals surface area contributed by atoms with Crippen molar-refractivity contribution in [1.82, 2.24) is 9.55 Å². The Morgan fingerprint density at radius 2 is 2.22 bits per heavy atom. The molecule has 0 unspecified atom stereocenters. The molecule has 4 atom stereocenters. The summed E-state index contributed by atoms with van der Waals surface area (Å²) >= 11 is 0. The van der Waals surface area contributed by atoms with E-state index in [2.05, 4.69) is 0 Å². The van der Waals surface area contributed by atoms with Crippen LogP contribution in [-0.4, -0.2) is 45.1 Å². The highest BCUT2D eigenvalue weighted by atomic mass is 19.1. The molecule has 0 amide bonds. The van der Waals surface area contributed by atoms with Crippen molar-refractivity contribution < 1.29 is 23.8 Å². The maximum absolute atomic E-state index is 14.8. The summed E-state index contributed by atoms with van der Waals surface area (Å²) in [5.74, 6) is -0.881. The number of carbonyl (C=O) groups excluding carboxylic acids is 1. The van der Waals surface area contributed by atoms with E-state index in [0.29, 0.717) is 0 Å². The summed E-state index contributed by atoms with van der Waals surface area (Å²) in [6, 6.07) is 1.04. The van der Waals surface area contributed by atoms with Gasteiger partial charge in [-0.05, 0) is 6.92 Å². The van der Waals surface area contributed by atoms with Crippen molar-refractivity contribution in [1.29, 1.82) is 0 Å². The molecule has 0 aromatic carbocycles. The summed E-state index contributed by atoms with van der Waals surface area (Å²) in [4.78, 5) is 36.3. The van der Waals surface area contributed by atoms with Crippen molar-refractivity contribution in [2.24, 2.45) is 5.92 Å². The van der Waals surface area contributed by atoms with Gasteiger partial charge in [0.25, 0.3) is 5.56 Å². The lowest BCUT2D eigenvalue weighted by molar-refractivity contribution is -0.153. The minimum atomic E-state index is -2.31. The number of nitrogens with one attached hydrogen (secondary N) is 1. The molecule has 1 aliphatic rings. The molecule has 1 aromatic rings. The topological polar surface area (TPSA) is 111 Å². The zero-order valence-electron chi connectivity index (χ0n) is 13.0. The number of nitrogens with zero attached hydrogens (tertiary/aromatic N) is 1. The zero-order valence-corrected chi connectivity index (χ0v) is 13.0. The van der Waals surface area contributed by atoms with Gasteiger partial charge in [-0.25, -0.2) is 9.18 Å². The van der Waals surface area contributed by atoms with Crippen molar-refractivity contribution in [2.75, 3.05) is 6.61 Å². The molecule has 1 aromatic heterocycles. The van der Waals surface area contributed by atoms with Crippen LogP contribution in [0, 0.1) is 5.92 Å². The van der Waals surface area contributed by atoms with Crippen molar-refractivity contribution in [3.8, 4) is 0 Å². The van der Waals surface area contributed by atoms with Crippen molar-refractivity contribution in [3.63, 3.8) is 0 Å². The third kappa shape index (κ3) is 3.35. The van der Waals surface area contributed by atoms with Crippen LogP contribution in [-0.2, 0) is 14.3 Å². The van der Waals surface area contributed by atoms with Gasteiger partial charge in [-0.1, -0.05) is 13.8 Å². The SMILES string of the molecule is CC(C)C(=O)OC[C@H]1O[C@@H](n2ccc(=O)[nH]c2=O)[C@](C)(F)[C@@H]1O. The van der Waals surface area contributed by atoms with Crippen LogP contribution in [0.25, 0.3) is 0 Å². The second kappa shape index (κ2) is 6.25. The summed E-state index contributed by atoms with van der Waals surface area (Å²) in [5.41, 5.74) is -3.80. The second-order valence-electron chi connectivity index (χ2n) is 5.93. The van der Waals surface area contributed by atoms with E-state index in [-0.39, 0.29) is 12.5 Å². The van der Waals surface area contributed by atoms with Gasteiger partial charge in [-0.3, -0.25) is 19.1 Å². The Morgan fingerprint density at radius 3 is 2.78 bits per heavy atom. The van der Waals surface area contributed by atoms with Crippen LogP contribution in [0.2, 0.25) is 0 Å². The van der Waals surface area contributed by atoms with Crippen molar-refractivity contribution in [2.45, 2.75) is 44.9 Å². The molecular weight excluding hydrogens is 311 g/mol. The largest absolute Gasteiger partial charge is 0.463 e. The van der Waals surface area contributed by atoms with Crippen LogP contribution in [0.1, 0.15) is 27.0 Å². The Bertz CT molecular complexity index is 695. The van der Waals surface area contributed by atoms with Gasteiger partial charge in [-0.2, -0.15) is 0 Å². The van der Waals surface area contributed by atoms with Gasteiger partial charge in [0, 0.05) is 12.3 Å². The molecule has 0 radical (unpaired) electrons. The highest BCUT2D eigenvalue weighted by molar-refractivity contribution is 5.71. The minimum Gasteiger partial charge on any atom is -0.463 e. The molecule has 1 fully saturated rings. The lowest BCUT2D eigenvalue weighted by atomic mass is 9.98.